The third-order valence-electron chi connectivity index (χ3n) is 4.31. The van der Waals surface area contributed by atoms with Gasteiger partial charge in [-0.2, -0.15) is 0 Å². The first-order valence-corrected chi connectivity index (χ1v) is 10.2. The zero-order valence-electron chi connectivity index (χ0n) is 16.1. The lowest BCUT2D eigenvalue weighted by atomic mass is 10.0. The predicted octanol–water partition coefficient (Wildman–Crippen LogP) is 3.50. The van der Waals surface area contributed by atoms with Gasteiger partial charge >= 0.3 is 6.03 Å². The molecule has 0 atom stereocenters. The molecule has 0 aliphatic carbocycles. The first kappa shape index (κ1) is 21.3. The number of urea groups is 1. The summed E-state index contributed by atoms with van der Waals surface area (Å²) in [7, 11) is 0. The van der Waals surface area contributed by atoms with E-state index in [4.69, 9.17) is 0 Å². The van der Waals surface area contributed by atoms with Gasteiger partial charge in [0.25, 0.3) is 0 Å². The van der Waals surface area contributed by atoms with Crippen LogP contribution in [0.5, 0.6) is 0 Å². The van der Waals surface area contributed by atoms with Crippen LogP contribution in [0.25, 0.3) is 10.8 Å². The molecule has 30 heavy (non-hydrogen) atoms. The van der Waals surface area contributed by atoms with Gasteiger partial charge in [0.15, 0.2) is 0 Å². The summed E-state index contributed by atoms with van der Waals surface area (Å²) in [5.74, 6) is -0.717. The summed E-state index contributed by atoms with van der Waals surface area (Å²) < 4.78 is 0.910. The maximum Gasteiger partial charge on any atom is 0.319 e. The number of halogens is 1. The lowest BCUT2D eigenvalue weighted by Crippen LogP contribution is -2.43. The van der Waals surface area contributed by atoms with E-state index in [-0.39, 0.29) is 25.3 Å². The molecule has 0 saturated carbocycles. The van der Waals surface area contributed by atoms with Crippen molar-refractivity contribution in [2.24, 2.45) is 0 Å². The number of carbonyl (C=O) groups is 3. The first-order chi connectivity index (χ1) is 14.5. The molecule has 4 amide bonds. The first-order valence-electron chi connectivity index (χ1n) is 9.36. The van der Waals surface area contributed by atoms with Crippen LogP contribution in [0.4, 0.5) is 10.5 Å². The van der Waals surface area contributed by atoms with Gasteiger partial charge in [-0.25, -0.2) is 4.79 Å². The molecule has 0 fully saturated rings. The number of anilines is 1. The number of carbonyl (C=O) groups excluding carboxylic acids is 3. The van der Waals surface area contributed by atoms with Crippen molar-refractivity contribution in [2.75, 3.05) is 11.9 Å². The van der Waals surface area contributed by atoms with E-state index in [9.17, 15) is 14.4 Å². The highest BCUT2D eigenvalue weighted by Crippen LogP contribution is 2.18. The van der Waals surface area contributed by atoms with Crippen LogP contribution in [-0.2, 0) is 16.0 Å². The topological polar surface area (TPSA) is 99.3 Å². The molecule has 8 heteroatoms. The van der Waals surface area contributed by atoms with Gasteiger partial charge in [0, 0.05) is 23.1 Å². The van der Waals surface area contributed by atoms with Crippen LogP contribution in [-0.4, -0.2) is 24.4 Å². The Kier molecular flexibility index (Phi) is 7.40. The molecule has 0 aliphatic rings. The third kappa shape index (κ3) is 6.31. The highest BCUT2D eigenvalue weighted by Gasteiger charge is 2.09. The highest BCUT2D eigenvalue weighted by atomic mass is 79.9. The van der Waals surface area contributed by atoms with Gasteiger partial charge in [0.2, 0.25) is 11.8 Å². The van der Waals surface area contributed by atoms with Crippen molar-refractivity contribution < 1.29 is 14.4 Å². The third-order valence-corrected chi connectivity index (χ3v) is 4.84. The second-order valence-corrected chi connectivity index (χ2v) is 7.46. The van der Waals surface area contributed by atoms with Crippen molar-refractivity contribution >= 4 is 50.2 Å². The van der Waals surface area contributed by atoms with Crippen molar-refractivity contribution in [3.63, 3.8) is 0 Å². The van der Waals surface area contributed by atoms with Gasteiger partial charge in [-0.3, -0.25) is 20.4 Å². The number of hydrogen-bond acceptors (Lipinski definition) is 3. The molecule has 0 heterocycles. The van der Waals surface area contributed by atoms with E-state index in [2.05, 4.69) is 37.4 Å². The number of hydrogen-bond donors (Lipinski definition) is 4. The molecule has 3 aromatic carbocycles. The van der Waals surface area contributed by atoms with Crippen LogP contribution in [0.15, 0.2) is 71.2 Å². The number of rotatable bonds is 6. The highest BCUT2D eigenvalue weighted by molar-refractivity contribution is 9.10. The fourth-order valence-electron chi connectivity index (χ4n) is 2.86. The van der Waals surface area contributed by atoms with Crippen LogP contribution in [0.3, 0.4) is 0 Å². The Morgan fingerprint density at radius 3 is 2.30 bits per heavy atom. The van der Waals surface area contributed by atoms with E-state index < -0.39 is 11.9 Å². The van der Waals surface area contributed by atoms with E-state index in [1.807, 2.05) is 54.6 Å². The van der Waals surface area contributed by atoms with Crippen LogP contribution in [0.1, 0.15) is 12.0 Å². The Morgan fingerprint density at radius 1 is 0.800 bits per heavy atom. The lowest BCUT2D eigenvalue weighted by Gasteiger charge is -2.10. The monoisotopic (exact) mass is 468 g/mol. The summed E-state index contributed by atoms with van der Waals surface area (Å²) >= 11 is 3.32. The summed E-state index contributed by atoms with van der Waals surface area (Å²) in [6, 6.07) is 20.3. The normalized spacial score (nSPS) is 10.3. The molecule has 3 rings (SSSR count). The van der Waals surface area contributed by atoms with Crippen molar-refractivity contribution in [2.45, 2.75) is 12.8 Å². The van der Waals surface area contributed by atoms with Crippen LogP contribution in [0.2, 0.25) is 0 Å². The minimum atomic E-state index is -0.412. The predicted molar refractivity (Wildman–Crippen MR) is 120 cm³/mol. The van der Waals surface area contributed by atoms with Gasteiger partial charge in [-0.15, -0.1) is 0 Å². The van der Waals surface area contributed by atoms with E-state index in [0.29, 0.717) is 5.69 Å². The van der Waals surface area contributed by atoms with Crippen LogP contribution >= 0.6 is 15.9 Å². The number of hydrazine groups is 1. The fraction of sp³-hybridized carbons (Fsp3) is 0.136. The molecule has 7 nitrogen and oxygen atoms in total. The molecule has 0 radical (unpaired) electrons. The number of amides is 4. The summed E-state index contributed by atoms with van der Waals surface area (Å²) in [4.78, 5) is 35.9. The lowest BCUT2D eigenvalue weighted by molar-refractivity contribution is -0.128. The van der Waals surface area contributed by atoms with E-state index in [1.165, 1.54) is 0 Å². The van der Waals surface area contributed by atoms with Gasteiger partial charge in [-0.1, -0.05) is 58.4 Å². The molecule has 0 aliphatic heterocycles. The summed E-state index contributed by atoms with van der Waals surface area (Å²) in [5, 5.41) is 7.31. The zero-order valence-corrected chi connectivity index (χ0v) is 17.7. The van der Waals surface area contributed by atoms with Gasteiger partial charge < -0.3 is 10.6 Å². The number of nitrogens with one attached hydrogen (secondary N) is 4. The van der Waals surface area contributed by atoms with Gasteiger partial charge in [0.1, 0.15) is 0 Å². The summed E-state index contributed by atoms with van der Waals surface area (Å²) in [5.41, 5.74) is 6.29. The van der Waals surface area contributed by atoms with Crippen LogP contribution < -0.4 is 21.5 Å². The second kappa shape index (κ2) is 10.4. The zero-order chi connectivity index (χ0) is 21.3. The molecular weight excluding hydrogens is 448 g/mol. The Labute approximate surface area is 182 Å². The molecule has 0 bridgehead atoms. The van der Waals surface area contributed by atoms with Gasteiger partial charge in [0.05, 0.1) is 6.42 Å². The Hall–Kier alpha value is -3.39. The Morgan fingerprint density at radius 2 is 1.50 bits per heavy atom. The van der Waals surface area contributed by atoms with Crippen molar-refractivity contribution in [1.29, 1.82) is 0 Å². The van der Waals surface area contributed by atoms with Crippen molar-refractivity contribution in [3.05, 3.63) is 76.8 Å². The molecule has 154 valence electrons. The second-order valence-electron chi connectivity index (χ2n) is 6.55. The maximum absolute atomic E-state index is 12.2. The summed E-state index contributed by atoms with van der Waals surface area (Å²) in [6.07, 6.45) is 0.178. The quantitative estimate of drug-likeness (QED) is 0.416. The van der Waals surface area contributed by atoms with Crippen molar-refractivity contribution in [1.82, 2.24) is 16.2 Å². The fourth-order valence-corrected chi connectivity index (χ4v) is 3.13. The number of fused-ring (bicyclic) bond motifs is 1. The minimum Gasteiger partial charge on any atom is -0.337 e. The van der Waals surface area contributed by atoms with E-state index in [0.717, 1.165) is 20.8 Å². The molecule has 0 spiro atoms. The standard InChI is InChI=1S/C22H21BrN4O3/c23-17-8-10-18(11-9-17)25-22(30)24-13-12-20(28)26-27-21(29)14-16-6-3-5-15-4-1-2-7-19(15)16/h1-11H,12-14H2,(H,26,28)(H,27,29)(H2,24,25,30). The van der Waals surface area contributed by atoms with Crippen LogP contribution in [0, 0.1) is 0 Å². The van der Waals surface area contributed by atoms with E-state index in [1.54, 1.807) is 12.1 Å². The SMILES string of the molecule is O=C(CCNC(=O)Nc1ccc(Br)cc1)NNC(=O)Cc1cccc2ccccc12. The van der Waals surface area contributed by atoms with E-state index >= 15 is 0 Å². The number of benzene rings is 3. The Bertz CT molecular complexity index is 1050. The average molecular weight is 469 g/mol. The minimum absolute atomic E-state index is 0.0301. The maximum atomic E-state index is 12.2. The smallest absolute Gasteiger partial charge is 0.319 e. The molecule has 3 aromatic rings. The molecule has 0 saturated heterocycles. The summed E-state index contributed by atoms with van der Waals surface area (Å²) in [6.45, 7) is 0.132. The molecule has 0 aromatic heterocycles. The average Bonchev–Trinajstić information content (AvgIpc) is 2.74. The van der Waals surface area contributed by atoms with Crippen molar-refractivity contribution in [3.8, 4) is 0 Å². The molecule has 4 N–H and O–H groups in total. The molecule has 0 unspecified atom stereocenters. The van der Waals surface area contributed by atoms with Gasteiger partial charge in [-0.05, 0) is 40.6 Å². The Balaban J connectivity index is 1.37. The molecular formula is C22H21BrN4O3. The largest absolute Gasteiger partial charge is 0.337 e.